The molecule has 5 unspecified atom stereocenters. The maximum Gasteiger partial charge on any atom is 0.0466 e. The standard InChI is InChI=1S/C47H39N/c1-30-25-31-27-41-43(26-30)47(44(41)28-31)42-19-7-5-16-39(42)40-18-10-17-38(46(40)47)35-13-9-14-36(29-35)48-45-20-8-6-15-37(45)34-23-21-33(22-24-34)32-11-3-2-4-12-32/h2-24,26,29-31,41,44,48H,25,27-28H2,1H3. The van der Waals surface area contributed by atoms with E-state index in [1.807, 2.05) is 0 Å². The van der Waals surface area contributed by atoms with Crippen LogP contribution in [0.25, 0.3) is 44.5 Å². The van der Waals surface area contributed by atoms with Crippen molar-refractivity contribution in [2.45, 2.75) is 31.6 Å². The van der Waals surface area contributed by atoms with E-state index in [1.165, 1.54) is 63.8 Å². The summed E-state index contributed by atoms with van der Waals surface area (Å²) in [7, 11) is 0. The van der Waals surface area contributed by atoms with Crippen molar-refractivity contribution in [3.63, 3.8) is 0 Å². The number of nitrogens with one attached hydrogen (secondary N) is 1. The molecule has 5 atom stereocenters. The average molecular weight is 618 g/mol. The van der Waals surface area contributed by atoms with Crippen LogP contribution in [0.3, 0.4) is 0 Å². The Morgan fingerprint density at radius 3 is 2.08 bits per heavy atom. The van der Waals surface area contributed by atoms with E-state index in [0.29, 0.717) is 11.8 Å². The lowest BCUT2D eigenvalue weighted by Gasteiger charge is -2.56. The molecule has 0 heterocycles. The van der Waals surface area contributed by atoms with Crippen LogP contribution >= 0.6 is 0 Å². The van der Waals surface area contributed by atoms with E-state index >= 15 is 0 Å². The van der Waals surface area contributed by atoms with Crippen LogP contribution in [0.2, 0.25) is 0 Å². The first-order valence-corrected chi connectivity index (χ1v) is 17.8. The van der Waals surface area contributed by atoms with Gasteiger partial charge in [0.2, 0.25) is 0 Å². The molecule has 4 aliphatic carbocycles. The lowest BCUT2D eigenvalue weighted by Crippen LogP contribution is -2.52. The second kappa shape index (κ2) is 10.7. The number of hydrogen-bond acceptors (Lipinski definition) is 1. The van der Waals surface area contributed by atoms with E-state index in [1.54, 1.807) is 16.7 Å². The molecule has 0 saturated heterocycles. The zero-order valence-electron chi connectivity index (χ0n) is 27.4. The molecule has 1 spiro atoms. The van der Waals surface area contributed by atoms with E-state index in [2.05, 4.69) is 164 Å². The van der Waals surface area contributed by atoms with Gasteiger partial charge in [-0.05, 0) is 111 Å². The number of allylic oxidation sites excluding steroid dienone is 2. The van der Waals surface area contributed by atoms with Crippen LogP contribution in [0.5, 0.6) is 0 Å². The van der Waals surface area contributed by atoms with Gasteiger partial charge in [-0.1, -0.05) is 146 Å². The third kappa shape index (κ3) is 4.03. The summed E-state index contributed by atoms with van der Waals surface area (Å²) in [6.45, 7) is 2.45. The Morgan fingerprint density at radius 2 is 1.21 bits per heavy atom. The predicted octanol–water partition coefficient (Wildman–Crippen LogP) is 12.3. The van der Waals surface area contributed by atoms with Crippen LogP contribution in [0.15, 0.2) is 157 Å². The van der Waals surface area contributed by atoms with Gasteiger partial charge in [-0.25, -0.2) is 0 Å². The Balaban J connectivity index is 1.05. The number of benzene rings is 6. The molecule has 6 aromatic carbocycles. The summed E-state index contributed by atoms with van der Waals surface area (Å²) in [6, 6.07) is 53.7. The molecular formula is C47H39N. The van der Waals surface area contributed by atoms with Crippen molar-refractivity contribution in [3.8, 4) is 44.5 Å². The molecule has 2 bridgehead atoms. The molecule has 2 saturated carbocycles. The largest absolute Gasteiger partial charge is 0.355 e. The Morgan fingerprint density at radius 1 is 0.542 bits per heavy atom. The summed E-state index contributed by atoms with van der Waals surface area (Å²) < 4.78 is 0. The second-order valence-corrected chi connectivity index (χ2v) is 14.7. The SMILES string of the molecule is CC1C=C2C3CC(C1)CC3C21c2ccccc2-c2cccc(-c3cccc(Nc4ccccc4-c4ccc(-c5ccccc5)cc4)c3)c21. The van der Waals surface area contributed by atoms with Crippen molar-refractivity contribution in [3.05, 3.63) is 168 Å². The van der Waals surface area contributed by atoms with Crippen LogP contribution < -0.4 is 5.32 Å². The minimum Gasteiger partial charge on any atom is -0.355 e. The van der Waals surface area contributed by atoms with E-state index in [0.717, 1.165) is 23.2 Å². The molecule has 6 aromatic rings. The molecule has 0 aromatic heterocycles. The number of fused-ring (bicyclic) bond motifs is 8. The monoisotopic (exact) mass is 617 g/mol. The lowest BCUT2D eigenvalue weighted by atomic mass is 9.46. The molecular weight excluding hydrogens is 579 g/mol. The smallest absolute Gasteiger partial charge is 0.0466 e. The minimum atomic E-state index is 0.0125. The molecule has 1 nitrogen and oxygen atoms in total. The first-order valence-electron chi connectivity index (χ1n) is 17.8. The number of para-hydroxylation sites is 1. The fraction of sp³-hybridized carbons (Fsp3) is 0.191. The van der Waals surface area contributed by atoms with Gasteiger partial charge in [-0.3, -0.25) is 0 Å². The van der Waals surface area contributed by atoms with Gasteiger partial charge in [0.15, 0.2) is 0 Å². The Kier molecular flexibility index (Phi) is 6.22. The first-order chi connectivity index (χ1) is 23.7. The molecule has 4 aliphatic rings. The maximum atomic E-state index is 3.83. The summed E-state index contributed by atoms with van der Waals surface area (Å²) in [6.07, 6.45) is 6.80. The van der Waals surface area contributed by atoms with Gasteiger partial charge >= 0.3 is 0 Å². The van der Waals surface area contributed by atoms with E-state index in [9.17, 15) is 0 Å². The fourth-order valence-electron chi connectivity index (χ4n) is 10.3. The number of anilines is 2. The van der Waals surface area contributed by atoms with Crippen LogP contribution in [0, 0.1) is 23.7 Å². The first kappa shape index (κ1) is 27.9. The minimum absolute atomic E-state index is 0.0125. The highest BCUT2D eigenvalue weighted by Gasteiger charge is 2.66. The summed E-state index contributed by atoms with van der Waals surface area (Å²) in [4.78, 5) is 0. The van der Waals surface area contributed by atoms with Crippen molar-refractivity contribution in [2.24, 2.45) is 23.7 Å². The van der Waals surface area contributed by atoms with Crippen molar-refractivity contribution in [2.75, 3.05) is 5.32 Å². The Labute approximate surface area is 284 Å². The van der Waals surface area contributed by atoms with E-state index < -0.39 is 0 Å². The van der Waals surface area contributed by atoms with Crippen LogP contribution in [-0.4, -0.2) is 0 Å². The van der Waals surface area contributed by atoms with Crippen molar-refractivity contribution >= 4 is 11.4 Å². The van der Waals surface area contributed by atoms with Gasteiger partial charge < -0.3 is 5.32 Å². The second-order valence-electron chi connectivity index (χ2n) is 14.7. The van der Waals surface area contributed by atoms with E-state index in [4.69, 9.17) is 0 Å². The molecule has 1 N–H and O–H groups in total. The van der Waals surface area contributed by atoms with Gasteiger partial charge in [0.25, 0.3) is 0 Å². The van der Waals surface area contributed by atoms with Crippen LogP contribution in [-0.2, 0) is 5.41 Å². The summed E-state index contributed by atoms with van der Waals surface area (Å²) in [5.41, 5.74) is 17.5. The molecule has 10 rings (SSSR count). The quantitative estimate of drug-likeness (QED) is 0.190. The van der Waals surface area contributed by atoms with Crippen molar-refractivity contribution < 1.29 is 0 Å². The fourth-order valence-corrected chi connectivity index (χ4v) is 10.3. The molecule has 0 aliphatic heterocycles. The van der Waals surface area contributed by atoms with Gasteiger partial charge in [-0.2, -0.15) is 0 Å². The average Bonchev–Trinajstić information content (AvgIpc) is 3.61. The molecule has 0 radical (unpaired) electrons. The highest BCUT2D eigenvalue weighted by atomic mass is 14.9. The summed E-state index contributed by atoms with van der Waals surface area (Å²) >= 11 is 0. The van der Waals surface area contributed by atoms with Gasteiger partial charge in [0.05, 0.1) is 0 Å². The van der Waals surface area contributed by atoms with Gasteiger partial charge in [0, 0.05) is 22.4 Å². The molecule has 48 heavy (non-hydrogen) atoms. The topological polar surface area (TPSA) is 12.0 Å². The van der Waals surface area contributed by atoms with Crippen molar-refractivity contribution in [1.29, 1.82) is 0 Å². The number of hydrogen-bond donors (Lipinski definition) is 1. The maximum absolute atomic E-state index is 3.83. The highest BCUT2D eigenvalue weighted by Crippen LogP contribution is 2.74. The normalized spacial score (nSPS) is 24.3. The molecule has 1 heteroatoms. The molecule has 0 amide bonds. The zero-order chi connectivity index (χ0) is 31.8. The third-order valence-electron chi connectivity index (χ3n) is 12.0. The van der Waals surface area contributed by atoms with Gasteiger partial charge in [0.1, 0.15) is 0 Å². The third-order valence-corrected chi connectivity index (χ3v) is 12.0. The van der Waals surface area contributed by atoms with Gasteiger partial charge in [-0.15, -0.1) is 0 Å². The summed E-state index contributed by atoms with van der Waals surface area (Å²) in [5, 5.41) is 3.83. The molecule has 232 valence electrons. The highest BCUT2D eigenvalue weighted by molar-refractivity contribution is 5.92. The van der Waals surface area contributed by atoms with E-state index in [-0.39, 0.29) is 5.41 Å². The number of rotatable bonds is 5. The predicted molar refractivity (Wildman–Crippen MR) is 200 cm³/mol. The Hall–Kier alpha value is -5.14. The van der Waals surface area contributed by atoms with Crippen LogP contribution in [0.4, 0.5) is 11.4 Å². The van der Waals surface area contributed by atoms with Crippen molar-refractivity contribution in [1.82, 2.24) is 0 Å². The zero-order valence-corrected chi connectivity index (χ0v) is 27.4. The molecule has 2 fully saturated rings. The van der Waals surface area contributed by atoms with Crippen LogP contribution in [0.1, 0.15) is 37.3 Å². The summed E-state index contributed by atoms with van der Waals surface area (Å²) in [5.74, 6) is 2.96. The Bertz CT molecular complexity index is 2220. The lowest BCUT2D eigenvalue weighted by molar-refractivity contribution is 0.193.